The SMILES string of the molecule is C=C(C)CC1CC2C3c4ccccc4C(c4ccccc43)C2C1=O. The van der Waals surface area contributed by atoms with Crippen molar-refractivity contribution in [1.29, 1.82) is 0 Å². The number of carbonyl (C=O) groups excluding carboxylic acids is 1. The van der Waals surface area contributed by atoms with Crippen molar-refractivity contribution in [3.05, 3.63) is 82.9 Å². The largest absolute Gasteiger partial charge is 0.299 e. The third-order valence-corrected chi connectivity index (χ3v) is 6.46. The molecule has 0 heterocycles. The fourth-order valence-electron chi connectivity index (χ4n) is 5.77. The average molecular weight is 314 g/mol. The van der Waals surface area contributed by atoms with Crippen LogP contribution >= 0.6 is 0 Å². The van der Waals surface area contributed by atoms with Gasteiger partial charge in [-0.25, -0.2) is 0 Å². The lowest BCUT2D eigenvalue weighted by Crippen LogP contribution is -2.39. The van der Waals surface area contributed by atoms with Gasteiger partial charge in [-0.2, -0.15) is 0 Å². The van der Waals surface area contributed by atoms with E-state index in [0.29, 0.717) is 17.6 Å². The second kappa shape index (κ2) is 4.92. The molecule has 0 N–H and O–H groups in total. The molecule has 1 heteroatoms. The summed E-state index contributed by atoms with van der Waals surface area (Å²) >= 11 is 0. The van der Waals surface area contributed by atoms with E-state index in [1.54, 1.807) is 0 Å². The summed E-state index contributed by atoms with van der Waals surface area (Å²) in [5.74, 6) is 1.95. The Bertz CT molecular complexity index is 814. The van der Waals surface area contributed by atoms with Gasteiger partial charge in [0.25, 0.3) is 0 Å². The minimum Gasteiger partial charge on any atom is -0.299 e. The van der Waals surface area contributed by atoms with E-state index in [-0.39, 0.29) is 17.8 Å². The van der Waals surface area contributed by atoms with Gasteiger partial charge < -0.3 is 0 Å². The maximum atomic E-state index is 13.2. The molecule has 4 aliphatic rings. The molecule has 1 fully saturated rings. The summed E-state index contributed by atoms with van der Waals surface area (Å²) in [5.41, 5.74) is 6.85. The third kappa shape index (κ3) is 1.73. The minimum absolute atomic E-state index is 0.171. The summed E-state index contributed by atoms with van der Waals surface area (Å²) in [5, 5.41) is 0. The number of hydrogen-bond acceptors (Lipinski definition) is 1. The van der Waals surface area contributed by atoms with Crippen LogP contribution in [-0.2, 0) is 4.79 Å². The Morgan fingerprint density at radius 3 is 1.96 bits per heavy atom. The number of Topliss-reactive ketones (excluding diaryl/α,β-unsaturated/α-hetero) is 1. The number of hydrogen-bond donors (Lipinski definition) is 0. The smallest absolute Gasteiger partial charge is 0.140 e. The molecular formula is C23H22O. The fraction of sp³-hybridized carbons (Fsp3) is 0.348. The van der Waals surface area contributed by atoms with E-state index in [1.807, 2.05) is 6.92 Å². The molecule has 0 spiro atoms. The Kier molecular flexibility index (Phi) is 2.92. The van der Waals surface area contributed by atoms with Gasteiger partial charge >= 0.3 is 0 Å². The molecule has 0 amide bonds. The van der Waals surface area contributed by atoms with Crippen molar-refractivity contribution in [3.8, 4) is 0 Å². The van der Waals surface area contributed by atoms with Crippen LogP contribution in [0.1, 0.15) is 53.9 Å². The van der Waals surface area contributed by atoms with Gasteiger partial charge in [0.1, 0.15) is 5.78 Å². The highest BCUT2D eigenvalue weighted by atomic mass is 16.1. The van der Waals surface area contributed by atoms with Gasteiger partial charge in [0.2, 0.25) is 0 Å². The fourth-order valence-corrected chi connectivity index (χ4v) is 5.77. The van der Waals surface area contributed by atoms with Crippen LogP contribution in [0.15, 0.2) is 60.7 Å². The second-order valence-corrected chi connectivity index (χ2v) is 7.90. The first-order valence-corrected chi connectivity index (χ1v) is 9.02. The van der Waals surface area contributed by atoms with Crippen molar-refractivity contribution in [1.82, 2.24) is 0 Å². The van der Waals surface area contributed by atoms with Crippen molar-refractivity contribution in [3.63, 3.8) is 0 Å². The van der Waals surface area contributed by atoms with Gasteiger partial charge in [0.15, 0.2) is 0 Å². The van der Waals surface area contributed by atoms with E-state index in [2.05, 4.69) is 55.1 Å². The molecule has 2 bridgehead atoms. The highest BCUT2D eigenvalue weighted by Crippen LogP contribution is 2.63. The zero-order valence-corrected chi connectivity index (χ0v) is 14.0. The topological polar surface area (TPSA) is 17.1 Å². The minimum atomic E-state index is 0.171. The summed E-state index contributed by atoms with van der Waals surface area (Å²) in [4.78, 5) is 13.2. The lowest BCUT2D eigenvalue weighted by molar-refractivity contribution is -0.125. The predicted molar refractivity (Wildman–Crippen MR) is 96.1 cm³/mol. The zero-order chi connectivity index (χ0) is 16.4. The number of ketones is 1. The van der Waals surface area contributed by atoms with E-state index >= 15 is 0 Å². The Labute approximate surface area is 143 Å². The van der Waals surface area contributed by atoms with E-state index in [0.717, 1.165) is 18.4 Å². The summed E-state index contributed by atoms with van der Waals surface area (Å²) in [7, 11) is 0. The molecular weight excluding hydrogens is 292 g/mol. The first kappa shape index (κ1) is 14.2. The second-order valence-electron chi connectivity index (χ2n) is 7.90. The number of allylic oxidation sites excluding steroid dienone is 1. The van der Waals surface area contributed by atoms with Crippen LogP contribution in [0.3, 0.4) is 0 Å². The molecule has 3 unspecified atom stereocenters. The summed E-state index contributed by atoms with van der Waals surface area (Å²) < 4.78 is 0. The Morgan fingerprint density at radius 2 is 1.46 bits per heavy atom. The highest BCUT2D eigenvalue weighted by molar-refractivity contribution is 5.89. The van der Waals surface area contributed by atoms with Crippen LogP contribution in [0.4, 0.5) is 0 Å². The molecule has 0 aliphatic heterocycles. The first-order chi connectivity index (χ1) is 11.7. The molecule has 1 saturated carbocycles. The van der Waals surface area contributed by atoms with E-state index in [9.17, 15) is 4.79 Å². The molecule has 0 radical (unpaired) electrons. The van der Waals surface area contributed by atoms with E-state index < -0.39 is 0 Å². The Hall–Kier alpha value is -2.15. The normalized spacial score (nSPS) is 32.2. The van der Waals surface area contributed by atoms with Gasteiger partial charge in [-0.1, -0.05) is 54.1 Å². The molecule has 4 aliphatic carbocycles. The van der Waals surface area contributed by atoms with Gasteiger partial charge in [-0.3, -0.25) is 4.79 Å². The summed E-state index contributed by atoms with van der Waals surface area (Å²) in [6.07, 6.45) is 1.89. The molecule has 24 heavy (non-hydrogen) atoms. The van der Waals surface area contributed by atoms with Crippen molar-refractivity contribution in [2.24, 2.45) is 17.8 Å². The van der Waals surface area contributed by atoms with Crippen molar-refractivity contribution in [2.75, 3.05) is 0 Å². The van der Waals surface area contributed by atoms with E-state index in [4.69, 9.17) is 0 Å². The Balaban J connectivity index is 1.70. The molecule has 1 nitrogen and oxygen atoms in total. The van der Waals surface area contributed by atoms with Crippen LogP contribution in [0, 0.1) is 17.8 Å². The Morgan fingerprint density at radius 1 is 0.958 bits per heavy atom. The molecule has 2 aromatic carbocycles. The van der Waals surface area contributed by atoms with Gasteiger partial charge in [-0.05, 0) is 47.9 Å². The molecule has 3 atom stereocenters. The summed E-state index contributed by atoms with van der Waals surface area (Å²) in [6.45, 7) is 6.10. The molecule has 0 saturated heterocycles. The van der Waals surface area contributed by atoms with Crippen molar-refractivity contribution in [2.45, 2.75) is 31.6 Å². The lowest BCUT2D eigenvalue weighted by Gasteiger charge is -2.47. The van der Waals surface area contributed by atoms with Gasteiger partial charge in [-0.15, -0.1) is 6.58 Å². The van der Waals surface area contributed by atoms with Gasteiger partial charge in [0, 0.05) is 23.7 Å². The zero-order valence-electron chi connectivity index (χ0n) is 14.0. The van der Waals surface area contributed by atoms with Crippen LogP contribution in [0.25, 0.3) is 0 Å². The van der Waals surface area contributed by atoms with Crippen LogP contribution in [-0.4, -0.2) is 5.78 Å². The molecule has 2 aromatic rings. The maximum Gasteiger partial charge on any atom is 0.140 e. The van der Waals surface area contributed by atoms with Crippen LogP contribution in [0.2, 0.25) is 0 Å². The lowest BCUT2D eigenvalue weighted by atomic mass is 9.55. The first-order valence-electron chi connectivity index (χ1n) is 9.02. The van der Waals surface area contributed by atoms with Gasteiger partial charge in [0.05, 0.1) is 0 Å². The standard InChI is InChI=1S/C23H22O/c1-13(2)11-14-12-19-20-15-7-3-5-9-17(15)21(22(19)23(14)24)18-10-6-4-8-16(18)20/h3-10,14,19-22H,1,11-12H2,2H3. The highest BCUT2D eigenvalue weighted by Gasteiger charge is 2.57. The number of carbonyl (C=O) groups is 1. The predicted octanol–water partition coefficient (Wildman–Crippen LogP) is 5.07. The maximum absolute atomic E-state index is 13.2. The third-order valence-electron chi connectivity index (χ3n) is 6.46. The van der Waals surface area contributed by atoms with Crippen LogP contribution in [0.5, 0.6) is 0 Å². The molecule has 6 rings (SSSR count). The summed E-state index contributed by atoms with van der Waals surface area (Å²) in [6, 6.07) is 17.6. The van der Waals surface area contributed by atoms with Crippen molar-refractivity contribution >= 4 is 5.78 Å². The monoisotopic (exact) mass is 314 g/mol. The number of benzene rings is 2. The molecule has 0 aromatic heterocycles. The average Bonchev–Trinajstić information content (AvgIpc) is 2.91. The number of rotatable bonds is 2. The van der Waals surface area contributed by atoms with Crippen molar-refractivity contribution < 1.29 is 4.79 Å². The quantitative estimate of drug-likeness (QED) is 0.708. The van der Waals surface area contributed by atoms with Crippen LogP contribution < -0.4 is 0 Å². The van der Waals surface area contributed by atoms with E-state index in [1.165, 1.54) is 22.3 Å². The molecule has 120 valence electrons.